The van der Waals surface area contributed by atoms with E-state index in [1.54, 1.807) is 20.2 Å². The van der Waals surface area contributed by atoms with Crippen LogP contribution in [0.3, 0.4) is 0 Å². The Hall–Kier alpha value is -1.16. The number of nitrogens with one attached hydrogen (secondary N) is 1. The summed E-state index contributed by atoms with van der Waals surface area (Å²) >= 11 is 0. The summed E-state index contributed by atoms with van der Waals surface area (Å²) in [4.78, 5) is 8.25. The van der Waals surface area contributed by atoms with Gasteiger partial charge in [-0.15, -0.1) is 0 Å². The summed E-state index contributed by atoms with van der Waals surface area (Å²) in [6.07, 6.45) is 3.58. The summed E-state index contributed by atoms with van der Waals surface area (Å²) in [5.74, 6) is 0.774. The molecule has 0 radical (unpaired) electrons. The molecule has 4 heteroatoms. The smallest absolute Gasteiger partial charge is 0.129 e. The molecule has 0 aliphatic carbocycles. The topological polar surface area (TPSA) is 58.0 Å². The quantitative estimate of drug-likeness (QED) is 0.773. The van der Waals surface area contributed by atoms with Crippen molar-refractivity contribution in [1.82, 2.24) is 9.97 Å². The molecule has 15 heavy (non-hydrogen) atoms. The largest absolute Gasteiger partial charge is 0.389 e. The van der Waals surface area contributed by atoms with E-state index in [0.717, 1.165) is 24.4 Å². The number of anilines is 1. The van der Waals surface area contributed by atoms with Crippen LogP contribution in [0, 0.1) is 0 Å². The highest BCUT2D eigenvalue weighted by Gasteiger charge is 2.11. The molecule has 0 spiro atoms. The van der Waals surface area contributed by atoms with Crippen LogP contribution in [0.2, 0.25) is 0 Å². The van der Waals surface area contributed by atoms with Crippen LogP contribution in [0.15, 0.2) is 12.4 Å². The molecule has 1 aromatic rings. The van der Waals surface area contributed by atoms with Gasteiger partial charge >= 0.3 is 0 Å². The van der Waals surface area contributed by atoms with Gasteiger partial charge in [0.25, 0.3) is 0 Å². The third-order valence-electron chi connectivity index (χ3n) is 1.93. The lowest BCUT2D eigenvalue weighted by atomic mass is 10.1. The van der Waals surface area contributed by atoms with Crippen LogP contribution < -0.4 is 5.32 Å². The van der Waals surface area contributed by atoms with Gasteiger partial charge in [0.05, 0.1) is 5.60 Å². The van der Waals surface area contributed by atoms with Gasteiger partial charge in [0, 0.05) is 18.3 Å². The first kappa shape index (κ1) is 11.9. The summed E-state index contributed by atoms with van der Waals surface area (Å²) in [6.45, 7) is 6.11. The molecular weight excluding hydrogens is 190 g/mol. The van der Waals surface area contributed by atoms with Crippen LogP contribution in [0.5, 0.6) is 0 Å². The van der Waals surface area contributed by atoms with Gasteiger partial charge in [-0.05, 0) is 20.3 Å². The van der Waals surface area contributed by atoms with E-state index >= 15 is 0 Å². The fraction of sp³-hybridized carbons (Fsp3) is 0.636. The van der Waals surface area contributed by atoms with E-state index in [-0.39, 0.29) is 0 Å². The Balaban J connectivity index is 2.57. The highest BCUT2D eigenvalue weighted by molar-refractivity contribution is 5.35. The van der Waals surface area contributed by atoms with Crippen LogP contribution in [0.25, 0.3) is 0 Å². The third kappa shape index (κ3) is 4.74. The van der Waals surface area contributed by atoms with Gasteiger partial charge in [-0.3, -0.25) is 0 Å². The summed E-state index contributed by atoms with van der Waals surface area (Å²) in [7, 11) is 0. The van der Waals surface area contributed by atoms with Crippen molar-refractivity contribution in [2.45, 2.75) is 39.2 Å². The van der Waals surface area contributed by atoms with Crippen molar-refractivity contribution in [2.75, 3.05) is 11.9 Å². The lowest BCUT2D eigenvalue weighted by molar-refractivity contribution is 0.0944. The average Bonchev–Trinajstić information content (AvgIpc) is 2.15. The lowest BCUT2D eigenvalue weighted by Crippen LogP contribution is -2.29. The van der Waals surface area contributed by atoms with Crippen molar-refractivity contribution in [3.05, 3.63) is 18.1 Å². The Labute approximate surface area is 90.8 Å². The lowest BCUT2D eigenvalue weighted by Gasteiger charge is -2.18. The molecule has 4 nitrogen and oxygen atoms in total. The first-order chi connectivity index (χ1) is 7.01. The third-order valence-corrected chi connectivity index (χ3v) is 1.93. The molecule has 0 saturated heterocycles. The zero-order chi connectivity index (χ0) is 11.3. The van der Waals surface area contributed by atoms with Gasteiger partial charge < -0.3 is 10.4 Å². The number of aliphatic hydroxyl groups is 1. The number of aryl methyl sites for hydroxylation is 1. The number of hydrogen-bond acceptors (Lipinski definition) is 4. The Kier molecular flexibility index (Phi) is 4.03. The Morgan fingerprint density at radius 2 is 2.13 bits per heavy atom. The fourth-order valence-corrected chi connectivity index (χ4v) is 1.19. The Morgan fingerprint density at radius 3 is 2.73 bits per heavy atom. The van der Waals surface area contributed by atoms with Crippen molar-refractivity contribution in [3.8, 4) is 0 Å². The molecule has 0 amide bonds. The van der Waals surface area contributed by atoms with Gasteiger partial charge in [-0.2, -0.15) is 0 Å². The molecule has 0 unspecified atom stereocenters. The molecule has 84 valence electrons. The number of aromatic nitrogens is 2. The summed E-state index contributed by atoms with van der Waals surface area (Å²) in [5.41, 5.74) is 0.307. The Bertz CT molecular complexity index is 307. The van der Waals surface area contributed by atoms with Crippen LogP contribution in [-0.2, 0) is 6.42 Å². The van der Waals surface area contributed by atoms with Crippen LogP contribution in [0.4, 0.5) is 5.82 Å². The first-order valence-corrected chi connectivity index (χ1v) is 5.28. The summed E-state index contributed by atoms with van der Waals surface area (Å²) < 4.78 is 0. The normalized spacial score (nSPS) is 11.5. The molecule has 1 rings (SSSR count). The minimum atomic E-state index is -0.726. The molecular formula is C11H19N3O. The molecule has 2 N–H and O–H groups in total. The van der Waals surface area contributed by atoms with Gasteiger partial charge in [0.2, 0.25) is 0 Å². The zero-order valence-electron chi connectivity index (χ0n) is 9.62. The monoisotopic (exact) mass is 209 g/mol. The highest BCUT2D eigenvalue weighted by atomic mass is 16.3. The average molecular weight is 209 g/mol. The number of hydrogen-bond donors (Lipinski definition) is 2. The van der Waals surface area contributed by atoms with Gasteiger partial charge in [0.1, 0.15) is 12.1 Å². The van der Waals surface area contributed by atoms with Crippen molar-refractivity contribution in [1.29, 1.82) is 0 Å². The highest BCUT2D eigenvalue weighted by Crippen LogP contribution is 2.08. The number of rotatable bonds is 5. The van der Waals surface area contributed by atoms with Crippen molar-refractivity contribution >= 4 is 5.82 Å². The van der Waals surface area contributed by atoms with E-state index in [2.05, 4.69) is 22.2 Å². The first-order valence-electron chi connectivity index (χ1n) is 5.28. The molecule has 0 aliphatic rings. The predicted octanol–water partition coefficient (Wildman–Crippen LogP) is 1.61. The van der Waals surface area contributed by atoms with Crippen molar-refractivity contribution < 1.29 is 5.11 Å². The van der Waals surface area contributed by atoms with E-state index in [0.29, 0.717) is 6.54 Å². The van der Waals surface area contributed by atoms with Gasteiger partial charge in [-0.1, -0.05) is 13.3 Å². The maximum Gasteiger partial charge on any atom is 0.129 e. The SMILES string of the molecule is CCCc1cc(NCC(C)(C)O)ncn1. The second-order valence-corrected chi connectivity index (χ2v) is 4.31. The Morgan fingerprint density at radius 1 is 1.40 bits per heavy atom. The minimum Gasteiger partial charge on any atom is -0.389 e. The van der Waals surface area contributed by atoms with Crippen LogP contribution in [0.1, 0.15) is 32.9 Å². The summed E-state index contributed by atoms with van der Waals surface area (Å²) in [6, 6.07) is 1.93. The van der Waals surface area contributed by atoms with E-state index in [4.69, 9.17) is 0 Å². The summed E-state index contributed by atoms with van der Waals surface area (Å²) in [5, 5.41) is 12.6. The van der Waals surface area contributed by atoms with E-state index < -0.39 is 5.60 Å². The van der Waals surface area contributed by atoms with E-state index in [1.165, 1.54) is 0 Å². The molecule has 0 bridgehead atoms. The van der Waals surface area contributed by atoms with Crippen LogP contribution >= 0.6 is 0 Å². The van der Waals surface area contributed by atoms with Crippen molar-refractivity contribution in [2.24, 2.45) is 0 Å². The molecule has 0 saturated carbocycles. The van der Waals surface area contributed by atoms with Gasteiger partial charge in [-0.25, -0.2) is 9.97 Å². The van der Waals surface area contributed by atoms with Crippen LogP contribution in [-0.4, -0.2) is 27.2 Å². The maximum absolute atomic E-state index is 9.55. The molecule has 0 aromatic carbocycles. The number of nitrogens with zero attached hydrogens (tertiary/aromatic N) is 2. The molecule has 0 fully saturated rings. The van der Waals surface area contributed by atoms with E-state index in [9.17, 15) is 5.11 Å². The molecule has 1 heterocycles. The molecule has 0 atom stereocenters. The second kappa shape index (κ2) is 5.07. The van der Waals surface area contributed by atoms with Gasteiger partial charge in [0.15, 0.2) is 0 Å². The fourth-order valence-electron chi connectivity index (χ4n) is 1.19. The predicted molar refractivity (Wildman–Crippen MR) is 60.8 cm³/mol. The maximum atomic E-state index is 9.55. The standard InChI is InChI=1S/C11H19N3O/c1-4-5-9-6-10(14-8-13-9)12-7-11(2,3)15/h6,8,15H,4-5,7H2,1-3H3,(H,12,13,14). The molecule has 1 aromatic heterocycles. The zero-order valence-corrected chi connectivity index (χ0v) is 9.62. The molecule has 0 aliphatic heterocycles. The van der Waals surface area contributed by atoms with E-state index in [1.807, 2.05) is 6.07 Å². The van der Waals surface area contributed by atoms with Crippen molar-refractivity contribution in [3.63, 3.8) is 0 Å². The second-order valence-electron chi connectivity index (χ2n) is 4.31. The minimum absolute atomic E-state index is 0.482.